The van der Waals surface area contributed by atoms with E-state index < -0.39 is 5.97 Å². The molecule has 5 heteroatoms. The molecule has 0 aliphatic heterocycles. The molecule has 2 heterocycles. The van der Waals surface area contributed by atoms with Crippen LogP contribution in [0.2, 0.25) is 0 Å². The fourth-order valence-corrected chi connectivity index (χ4v) is 3.60. The van der Waals surface area contributed by atoms with Gasteiger partial charge in [-0.2, -0.15) is 0 Å². The Hall–Kier alpha value is -1.62. The second-order valence-electron chi connectivity index (χ2n) is 4.99. The van der Waals surface area contributed by atoms with Crippen LogP contribution in [0.4, 0.5) is 5.69 Å². The lowest BCUT2D eigenvalue weighted by Gasteiger charge is -2.12. The fourth-order valence-electron chi connectivity index (χ4n) is 2.66. The number of anilines is 1. The van der Waals surface area contributed by atoms with Gasteiger partial charge < -0.3 is 15.6 Å². The van der Waals surface area contributed by atoms with E-state index in [-0.39, 0.29) is 4.88 Å². The number of aryl methyl sites for hydroxylation is 2. The van der Waals surface area contributed by atoms with E-state index >= 15 is 0 Å². The summed E-state index contributed by atoms with van der Waals surface area (Å²) in [5.74, 6) is -1.21. The van der Waals surface area contributed by atoms with Crippen LogP contribution in [0, 0.1) is 0 Å². The van der Waals surface area contributed by atoms with Crippen molar-refractivity contribution in [1.29, 1.82) is 0 Å². The number of nitrogen functional groups attached to an aromatic ring is 1. The summed E-state index contributed by atoms with van der Waals surface area (Å²) in [4.78, 5) is 16.5. The number of carbonyl (C=O) groups is 1. The number of aromatic nitrogens is 1. The van der Waals surface area contributed by atoms with Crippen molar-refractivity contribution in [2.24, 2.45) is 0 Å². The number of rotatable bonds is 1. The van der Waals surface area contributed by atoms with Gasteiger partial charge in [-0.25, -0.2) is 4.98 Å². The molecule has 4 nitrogen and oxygen atoms in total. The Bertz CT molecular complexity index is 648. The maximum atomic E-state index is 11.0. The highest BCUT2D eigenvalue weighted by Crippen LogP contribution is 2.34. The molecule has 100 valence electrons. The Morgan fingerprint density at radius 1 is 1.26 bits per heavy atom. The first kappa shape index (κ1) is 12.4. The first-order chi connectivity index (χ1) is 9.16. The molecule has 0 spiro atoms. The Morgan fingerprint density at radius 3 is 2.74 bits per heavy atom. The van der Waals surface area contributed by atoms with Gasteiger partial charge in [0.25, 0.3) is 0 Å². The van der Waals surface area contributed by atoms with Gasteiger partial charge in [0.2, 0.25) is 0 Å². The third kappa shape index (κ3) is 2.18. The van der Waals surface area contributed by atoms with Gasteiger partial charge in [0.15, 0.2) is 0 Å². The maximum Gasteiger partial charge on any atom is 0.126 e. The second-order valence-corrected chi connectivity index (χ2v) is 5.99. The van der Waals surface area contributed by atoms with E-state index in [0.29, 0.717) is 5.69 Å². The van der Waals surface area contributed by atoms with Crippen LogP contribution in [0.25, 0.3) is 10.2 Å². The monoisotopic (exact) mass is 275 g/mol. The molecule has 0 bridgehead atoms. The number of aromatic carboxylic acids is 1. The molecule has 1 aliphatic carbocycles. The van der Waals surface area contributed by atoms with E-state index in [0.717, 1.165) is 52.9 Å². The topological polar surface area (TPSA) is 79.0 Å². The highest BCUT2D eigenvalue weighted by Gasteiger charge is 2.15. The molecular formula is C14H15N2O2S-. The number of fused-ring (bicyclic) bond motifs is 2. The zero-order valence-corrected chi connectivity index (χ0v) is 11.4. The Labute approximate surface area is 115 Å². The van der Waals surface area contributed by atoms with E-state index in [9.17, 15) is 9.90 Å². The summed E-state index contributed by atoms with van der Waals surface area (Å²) in [7, 11) is 0. The van der Waals surface area contributed by atoms with Crippen molar-refractivity contribution in [3.8, 4) is 0 Å². The number of carboxylic acids is 1. The predicted octanol–water partition coefficient (Wildman–Crippen LogP) is 1.90. The normalized spacial score (nSPS) is 15.8. The minimum absolute atomic E-state index is 0.0977. The van der Waals surface area contributed by atoms with E-state index in [1.807, 2.05) is 6.07 Å². The summed E-state index contributed by atoms with van der Waals surface area (Å²) >= 11 is 1.12. The molecule has 0 aromatic carbocycles. The lowest BCUT2D eigenvalue weighted by molar-refractivity contribution is -0.254. The standard InChI is InChI=1S/C14H16N2O2S/c15-11-9-7-8-5-3-1-2-4-6-10(8)16-13(9)19-12(11)14(17)18/h7H,1-6,15H2,(H,17,18)/p-1. The summed E-state index contributed by atoms with van der Waals surface area (Å²) in [6.07, 6.45) is 6.80. The van der Waals surface area contributed by atoms with Crippen LogP contribution in [0.5, 0.6) is 0 Å². The Morgan fingerprint density at radius 2 is 2.00 bits per heavy atom. The zero-order valence-electron chi connectivity index (χ0n) is 10.6. The van der Waals surface area contributed by atoms with Crippen LogP contribution in [-0.2, 0) is 12.8 Å². The van der Waals surface area contributed by atoms with Crippen molar-refractivity contribution in [3.05, 3.63) is 22.2 Å². The van der Waals surface area contributed by atoms with Gasteiger partial charge in [0, 0.05) is 11.1 Å². The number of nitrogens with two attached hydrogens (primary N) is 1. The van der Waals surface area contributed by atoms with Crippen LogP contribution in [-0.4, -0.2) is 11.0 Å². The highest BCUT2D eigenvalue weighted by molar-refractivity contribution is 7.21. The van der Waals surface area contributed by atoms with Gasteiger partial charge in [-0.05, 0) is 37.3 Å². The van der Waals surface area contributed by atoms with E-state index in [4.69, 9.17) is 5.73 Å². The van der Waals surface area contributed by atoms with Gasteiger partial charge in [0.05, 0.1) is 16.5 Å². The maximum absolute atomic E-state index is 11.0. The Kier molecular flexibility index (Phi) is 3.14. The van der Waals surface area contributed by atoms with Crippen molar-refractivity contribution >= 4 is 33.2 Å². The SMILES string of the molecule is Nc1c(C(=O)[O-])sc2nc3c(cc12)CCCCCC3. The average molecular weight is 275 g/mol. The molecule has 0 unspecified atom stereocenters. The molecule has 0 saturated carbocycles. The van der Waals surface area contributed by atoms with Gasteiger partial charge in [-0.1, -0.05) is 12.8 Å². The third-order valence-corrected chi connectivity index (χ3v) is 4.78. The van der Waals surface area contributed by atoms with Gasteiger partial charge in [-0.3, -0.25) is 0 Å². The van der Waals surface area contributed by atoms with Crippen molar-refractivity contribution in [2.45, 2.75) is 38.5 Å². The molecule has 0 radical (unpaired) electrons. The number of carbonyl (C=O) groups excluding carboxylic acids is 1. The number of hydrogen-bond donors (Lipinski definition) is 1. The number of thiophene rings is 1. The summed E-state index contributed by atoms with van der Waals surface area (Å²) in [6, 6.07) is 2.03. The molecule has 2 N–H and O–H groups in total. The van der Waals surface area contributed by atoms with E-state index in [1.165, 1.54) is 18.4 Å². The van der Waals surface area contributed by atoms with Gasteiger partial charge in [-0.15, -0.1) is 11.3 Å². The van der Waals surface area contributed by atoms with Crippen molar-refractivity contribution in [2.75, 3.05) is 5.73 Å². The lowest BCUT2D eigenvalue weighted by atomic mass is 9.96. The van der Waals surface area contributed by atoms with Crippen molar-refractivity contribution in [1.82, 2.24) is 4.98 Å². The van der Waals surface area contributed by atoms with Crippen LogP contribution in [0.3, 0.4) is 0 Å². The molecule has 1 aliphatic rings. The number of hydrogen-bond acceptors (Lipinski definition) is 5. The number of pyridine rings is 1. The van der Waals surface area contributed by atoms with E-state index in [1.54, 1.807) is 0 Å². The van der Waals surface area contributed by atoms with E-state index in [2.05, 4.69) is 4.98 Å². The molecule has 2 aromatic rings. The Balaban J connectivity index is 2.17. The lowest BCUT2D eigenvalue weighted by Crippen LogP contribution is -2.21. The van der Waals surface area contributed by atoms with Crippen molar-refractivity contribution in [3.63, 3.8) is 0 Å². The average Bonchev–Trinajstić information content (AvgIpc) is 2.66. The first-order valence-corrected chi connectivity index (χ1v) is 7.40. The van der Waals surface area contributed by atoms with Gasteiger partial charge >= 0.3 is 0 Å². The summed E-state index contributed by atoms with van der Waals surface area (Å²) in [6.45, 7) is 0. The van der Waals surface area contributed by atoms with Crippen LogP contribution < -0.4 is 10.8 Å². The third-order valence-electron chi connectivity index (χ3n) is 3.68. The molecule has 0 saturated heterocycles. The molecule has 0 fully saturated rings. The molecule has 3 rings (SSSR count). The molecule has 0 amide bonds. The second kappa shape index (κ2) is 4.81. The summed E-state index contributed by atoms with van der Waals surface area (Å²) in [5.41, 5.74) is 8.53. The van der Waals surface area contributed by atoms with Gasteiger partial charge in [0.1, 0.15) is 4.83 Å². The molecule has 0 atom stereocenters. The van der Waals surface area contributed by atoms with Crippen LogP contribution in [0.1, 0.15) is 46.6 Å². The highest BCUT2D eigenvalue weighted by atomic mass is 32.1. The predicted molar refractivity (Wildman–Crippen MR) is 74.2 cm³/mol. The first-order valence-electron chi connectivity index (χ1n) is 6.59. The fraction of sp³-hybridized carbons (Fsp3) is 0.429. The summed E-state index contributed by atoms with van der Waals surface area (Å²) in [5, 5.41) is 11.8. The van der Waals surface area contributed by atoms with Crippen LogP contribution in [0.15, 0.2) is 6.07 Å². The molecular weight excluding hydrogens is 260 g/mol. The van der Waals surface area contributed by atoms with Crippen LogP contribution >= 0.6 is 11.3 Å². The zero-order chi connectivity index (χ0) is 13.4. The quantitative estimate of drug-likeness (QED) is 0.862. The smallest absolute Gasteiger partial charge is 0.126 e. The number of nitrogens with zero attached hydrogens (tertiary/aromatic N) is 1. The summed E-state index contributed by atoms with van der Waals surface area (Å²) < 4.78 is 0. The molecule has 2 aromatic heterocycles. The largest absolute Gasteiger partial charge is 0.544 e. The minimum Gasteiger partial charge on any atom is -0.544 e. The van der Waals surface area contributed by atoms with Crippen molar-refractivity contribution < 1.29 is 9.90 Å². The molecule has 19 heavy (non-hydrogen) atoms. The number of carboxylic acid groups (broad SMARTS) is 1. The minimum atomic E-state index is -1.21.